The molecule has 2 aliphatic rings. The number of hydrogen-bond acceptors (Lipinski definition) is 6. The number of fused-ring (bicyclic) bond motifs is 2. The maximum absolute atomic E-state index is 13.2. The van der Waals surface area contributed by atoms with Crippen molar-refractivity contribution in [3.8, 4) is 17.3 Å². The summed E-state index contributed by atoms with van der Waals surface area (Å²) in [6.45, 7) is 6.46. The van der Waals surface area contributed by atoms with Crippen LogP contribution in [0.15, 0.2) is 36.5 Å². The normalized spacial score (nSPS) is 17.2. The van der Waals surface area contributed by atoms with Gasteiger partial charge < -0.3 is 19.8 Å². The molecule has 162 valence electrons. The molecule has 1 atom stereocenters. The van der Waals surface area contributed by atoms with Gasteiger partial charge in [0.25, 0.3) is 0 Å². The van der Waals surface area contributed by atoms with Gasteiger partial charge in [-0.15, -0.1) is 0 Å². The molecule has 0 fully saturated rings. The maximum atomic E-state index is 13.2. The second kappa shape index (κ2) is 8.43. The SMILES string of the molecule is CC1Cn2cc([N+](=O)[O-])nc2O1.Cc1cc(F)ccc1-c1ccc2c(n1)CCN(C)C2. The van der Waals surface area contributed by atoms with E-state index in [4.69, 9.17) is 9.72 Å². The van der Waals surface area contributed by atoms with Crippen molar-refractivity contribution in [1.29, 1.82) is 0 Å². The predicted molar refractivity (Wildman–Crippen MR) is 113 cm³/mol. The number of hydrogen-bond donors (Lipinski definition) is 0. The van der Waals surface area contributed by atoms with Crippen LogP contribution in [0.4, 0.5) is 10.2 Å². The van der Waals surface area contributed by atoms with Crippen LogP contribution in [0.25, 0.3) is 11.3 Å². The van der Waals surface area contributed by atoms with Crippen LogP contribution in [-0.4, -0.2) is 44.1 Å². The number of ether oxygens (including phenoxy) is 1. The Hall–Kier alpha value is -3.33. The lowest BCUT2D eigenvalue weighted by Crippen LogP contribution is -2.27. The quantitative estimate of drug-likeness (QED) is 0.459. The van der Waals surface area contributed by atoms with Crippen LogP contribution in [0.2, 0.25) is 0 Å². The van der Waals surface area contributed by atoms with Gasteiger partial charge in [-0.25, -0.2) is 4.39 Å². The minimum atomic E-state index is -0.528. The molecule has 0 aliphatic carbocycles. The molecule has 31 heavy (non-hydrogen) atoms. The lowest BCUT2D eigenvalue weighted by molar-refractivity contribution is -0.389. The van der Waals surface area contributed by atoms with E-state index >= 15 is 0 Å². The summed E-state index contributed by atoms with van der Waals surface area (Å²) >= 11 is 0. The minimum Gasteiger partial charge on any atom is -0.441 e. The maximum Gasteiger partial charge on any atom is 0.414 e. The molecule has 0 bridgehead atoms. The van der Waals surface area contributed by atoms with E-state index in [0.717, 1.165) is 36.3 Å². The lowest BCUT2D eigenvalue weighted by Gasteiger charge is -2.24. The Labute approximate surface area is 179 Å². The Balaban J connectivity index is 0.000000166. The van der Waals surface area contributed by atoms with Gasteiger partial charge in [-0.1, -0.05) is 6.07 Å². The van der Waals surface area contributed by atoms with E-state index in [9.17, 15) is 14.5 Å². The van der Waals surface area contributed by atoms with Crippen molar-refractivity contribution in [3.63, 3.8) is 0 Å². The first-order chi connectivity index (χ1) is 14.8. The second-order valence-electron chi connectivity index (χ2n) is 7.97. The Bertz CT molecular complexity index is 1110. The van der Waals surface area contributed by atoms with Crippen LogP contribution in [0.5, 0.6) is 6.01 Å². The van der Waals surface area contributed by atoms with E-state index in [1.165, 1.54) is 23.5 Å². The third-order valence-electron chi connectivity index (χ3n) is 5.38. The van der Waals surface area contributed by atoms with Gasteiger partial charge in [0.15, 0.2) is 0 Å². The van der Waals surface area contributed by atoms with E-state index in [1.54, 1.807) is 10.6 Å². The number of nitrogens with zero attached hydrogens (tertiary/aromatic N) is 5. The zero-order valence-electron chi connectivity index (χ0n) is 17.7. The van der Waals surface area contributed by atoms with Crippen molar-refractivity contribution in [2.24, 2.45) is 0 Å². The van der Waals surface area contributed by atoms with Crippen molar-refractivity contribution in [3.05, 3.63) is 69.3 Å². The van der Waals surface area contributed by atoms with Crippen LogP contribution < -0.4 is 4.74 Å². The van der Waals surface area contributed by atoms with Crippen molar-refractivity contribution in [2.75, 3.05) is 13.6 Å². The number of halogens is 1. The highest BCUT2D eigenvalue weighted by Crippen LogP contribution is 2.26. The zero-order chi connectivity index (χ0) is 22.1. The van der Waals surface area contributed by atoms with Crippen LogP contribution in [0.1, 0.15) is 23.7 Å². The number of rotatable bonds is 2. The molecule has 4 heterocycles. The highest BCUT2D eigenvalue weighted by molar-refractivity contribution is 5.64. The summed E-state index contributed by atoms with van der Waals surface area (Å²) < 4.78 is 20.0. The molecule has 0 amide bonds. The fraction of sp³-hybridized carbons (Fsp3) is 0.364. The second-order valence-corrected chi connectivity index (χ2v) is 7.97. The number of benzene rings is 1. The lowest BCUT2D eigenvalue weighted by atomic mass is 10.0. The van der Waals surface area contributed by atoms with E-state index in [0.29, 0.717) is 12.6 Å². The minimum absolute atomic E-state index is 0.0632. The van der Waals surface area contributed by atoms with E-state index in [-0.39, 0.29) is 17.7 Å². The Morgan fingerprint density at radius 1 is 1.26 bits per heavy atom. The monoisotopic (exact) mass is 425 g/mol. The average Bonchev–Trinajstić information content (AvgIpc) is 3.26. The number of likely N-dealkylation sites (N-methyl/N-ethyl adjacent to an activating group) is 1. The number of imidazole rings is 1. The van der Waals surface area contributed by atoms with E-state index in [2.05, 4.69) is 23.0 Å². The molecule has 1 unspecified atom stereocenters. The summed E-state index contributed by atoms with van der Waals surface area (Å²) in [6.07, 6.45) is 2.44. The molecule has 0 radical (unpaired) electrons. The van der Waals surface area contributed by atoms with Gasteiger partial charge in [0.05, 0.1) is 12.2 Å². The first-order valence-corrected chi connectivity index (χ1v) is 10.1. The molecule has 0 saturated heterocycles. The van der Waals surface area contributed by atoms with Gasteiger partial charge in [0, 0.05) is 35.8 Å². The van der Waals surface area contributed by atoms with E-state index < -0.39 is 4.92 Å². The first-order valence-electron chi connectivity index (χ1n) is 10.1. The number of pyridine rings is 1. The van der Waals surface area contributed by atoms with Crippen molar-refractivity contribution in [1.82, 2.24) is 19.4 Å². The number of aryl methyl sites for hydroxylation is 1. The highest BCUT2D eigenvalue weighted by atomic mass is 19.1. The van der Waals surface area contributed by atoms with Crippen LogP contribution >= 0.6 is 0 Å². The van der Waals surface area contributed by atoms with Gasteiger partial charge in [0.2, 0.25) is 0 Å². The third-order valence-corrected chi connectivity index (χ3v) is 5.38. The van der Waals surface area contributed by atoms with Gasteiger partial charge in [0.1, 0.15) is 18.1 Å². The standard InChI is InChI=1S/C16H17FN2.C6H7N3O3/c1-11-9-13(17)4-5-14(11)16-6-3-12-10-19(2)8-7-15(12)18-16;1-4-2-8-3-5(9(10)11)7-6(8)12-4/h3-6,9H,7-8,10H2,1-2H3;3-4H,2H2,1H3. The third kappa shape index (κ3) is 4.56. The fourth-order valence-electron chi connectivity index (χ4n) is 3.81. The first kappa shape index (κ1) is 20.9. The molecule has 0 N–H and O–H groups in total. The molecule has 3 aromatic rings. The summed E-state index contributed by atoms with van der Waals surface area (Å²) in [5, 5.41) is 10.3. The predicted octanol–water partition coefficient (Wildman–Crippen LogP) is 3.76. The van der Waals surface area contributed by atoms with Crippen LogP contribution in [0, 0.1) is 22.9 Å². The summed E-state index contributed by atoms with van der Waals surface area (Å²) in [5.41, 5.74) is 5.38. The number of aromatic nitrogens is 3. The van der Waals surface area contributed by atoms with Gasteiger partial charge in [-0.2, -0.15) is 0 Å². The molecule has 0 saturated carbocycles. The van der Waals surface area contributed by atoms with Crippen LogP contribution in [0.3, 0.4) is 0 Å². The molecule has 2 aromatic heterocycles. The van der Waals surface area contributed by atoms with Gasteiger partial charge in [-0.05, 0) is 61.2 Å². The van der Waals surface area contributed by atoms with Crippen molar-refractivity contribution >= 4 is 5.82 Å². The molecule has 8 nitrogen and oxygen atoms in total. The highest BCUT2D eigenvalue weighted by Gasteiger charge is 2.28. The smallest absolute Gasteiger partial charge is 0.414 e. The molecular weight excluding hydrogens is 401 g/mol. The summed E-state index contributed by atoms with van der Waals surface area (Å²) in [6, 6.07) is 9.40. The Kier molecular flexibility index (Phi) is 5.69. The topological polar surface area (TPSA) is 86.3 Å². The summed E-state index contributed by atoms with van der Waals surface area (Å²) in [7, 11) is 2.13. The number of nitro groups is 1. The molecule has 9 heteroatoms. The van der Waals surface area contributed by atoms with Crippen molar-refractivity contribution < 1.29 is 14.1 Å². The Morgan fingerprint density at radius 2 is 2.06 bits per heavy atom. The fourth-order valence-corrected chi connectivity index (χ4v) is 3.81. The molecule has 5 rings (SSSR count). The molecule has 1 aromatic carbocycles. The zero-order valence-corrected chi connectivity index (χ0v) is 17.7. The van der Waals surface area contributed by atoms with Crippen LogP contribution in [-0.2, 0) is 19.5 Å². The molecular formula is C22H24FN5O3. The Morgan fingerprint density at radius 3 is 2.77 bits per heavy atom. The summed E-state index contributed by atoms with van der Waals surface area (Å²) in [4.78, 5) is 20.5. The van der Waals surface area contributed by atoms with Crippen molar-refractivity contribution in [2.45, 2.75) is 39.5 Å². The van der Waals surface area contributed by atoms with Gasteiger partial charge in [-0.3, -0.25) is 9.55 Å². The largest absolute Gasteiger partial charge is 0.441 e. The van der Waals surface area contributed by atoms with E-state index in [1.807, 2.05) is 26.0 Å². The molecule has 2 aliphatic heterocycles. The summed E-state index contributed by atoms with van der Waals surface area (Å²) in [5.74, 6) is -0.349. The van der Waals surface area contributed by atoms with Gasteiger partial charge >= 0.3 is 11.8 Å². The average molecular weight is 425 g/mol. The molecule has 0 spiro atoms.